The van der Waals surface area contributed by atoms with Crippen LogP contribution in [0.2, 0.25) is 0 Å². The van der Waals surface area contributed by atoms with Crippen LogP contribution in [0.4, 0.5) is 16.6 Å². The number of likely N-dealkylation sites (tertiary alicyclic amines) is 1. The third kappa shape index (κ3) is 8.62. The summed E-state index contributed by atoms with van der Waals surface area (Å²) in [6, 6.07) is 22.8. The van der Waals surface area contributed by atoms with E-state index in [2.05, 4.69) is 99.1 Å². The summed E-state index contributed by atoms with van der Waals surface area (Å²) in [6.45, 7) is 12.7. The van der Waals surface area contributed by atoms with Gasteiger partial charge in [-0.3, -0.25) is 19.4 Å². The molecule has 55 heavy (non-hydrogen) atoms. The number of benzene rings is 2. The minimum Gasteiger partial charge on any atom is -0.484 e. The summed E-state index contributed by atoms with van der Waals surface area (Å²) < 4.78 is 10.6. The Morgan fingerprint density at radius 2 is 1.65 bits per heavy atom. The highest BCUT2D eigenvalue weighted by Crippen LogP contribution is 2.39. The highest BCUT2D eigenvalue weighted by Gasteiger charge is 2.31. The third-order valence-electron chi connectivity index (χ3n) is 10.9. The lowest BCUT2D eigenvalue weighted by Gasteiger charge is -2.33. The molecule has 13 nitrogen and oxygen atoms in total. The van der Waals surface area contributed by atoms with Crippen molar-refractivity contribution in [3.05, 3.63) is 95.3 Å². The second kappa shape index (κ2) is 16.5. The maximum Gasteiger partial charge on any atom is 0.320 e. The van der Waals surface area contributed by atoms with Crippen molar-refractivity contribution < 1.29 is 19.4 Å². The molecule has 3 N–H and O–H groups in total. The van der Waals surface area contributed by atoms with Gasteiger partial charge < -0.3 is 20.1 Å². The van der Waals surface area contributed by atoms with Crippen LogP contribution in [0.3, 0.4) is 0 Å². The van der Waals surface area contributed by atoms with Crippen LogP contribution in [0, 0.1) is 0 Å². The minimum atomic E-state index is -0.260. The molecule has 8 rings (SSSR count). The van der Waals surface area contributed by atoms with Crippen LogP contribution >= 0.6 is 0 Å². The Hall–Kier alpha value is -5.43. The van der Waals surface area contributed by atoms with Crippen LogP contribution in [0.25, 0.3) is 11.3 Å². The Morgan fingerprint density at radius 3 is 2.38 bits per heavy atom. The van der Waals surface area contributed by atoms with Gasteiger partial charge in [0.1, 0.15) is 17.7 Å². The van der Waals surface area contributed by atoms with Crippen LogP contribution in [0.1, 0.15) is 107 Å². The van der Waals surface area contributed by atoms with Crippen LogP contribution in [0.15, 0.2) is 72.9 Å². The molecule has 2 saturated heterocycles. The number of ether oxygens (including phenoxy) is 1. The molecular formula is C42H53N9O4. The quantitative estimate of drug-likeness (QED) is 0.136. The predicted octanol–water partition coefficient (Wildman–Crippen LogP) is 7.66. The van der Waals surface area contributed by atoms with Crippen LogP contribution < -0.4 is 20.3 Å². The standard InChI is InChI=1S/C41H51N9O2.CH2O2/c1-28-11-7-8-24-48(28)40-45-44-37-21-18-31(27-49(37)40)52-35-20-19-34(32-12-5-6-13-33(32)35)42-39(51)43-38-25-36(41(2,3)4)46-50(38)30-16-14-29(15-17-30)26-47-22-9-10-23-47;2-1-3/h5-6,12-18,21,25,27-28,34-35H,7-11,19-20,22-24,26H2,1-4H3,(H2,42,43,51);1H,(H,2,3)/t28?,34-,35+;/m0./s1. The van der Waals surface area contributed by atoms with Crippen molar-refractivity contribution in [1.82, 2.24) is 34.6 Å². The average Bonchev–Trinajstić information content (AvgIpc) is 3.94. The fourth-order valence-electron chi connectivity index (χ4n) is 7.99. The van der Waals surface area contributed by atoms with Crippen LogP contribution in [-0.2, 0) is 16.8 Å². The summed E-state index contributed by atoms with van der Waals surface area (Å²) in [7, 11) is 0. The van der Waals surface area contributed by atoms with E-state index < -0.39 is 0 Å². The van der Waals surface area contributed by atoms with Gasteiger partial charge in [0.15, 0.2) is 5.65 Å². The Labute approximate surface area is 322 Å². The molecule has 2 fully saturated rings. The number of fused-ring (bicyclic) bond motifs is 2. The normalized spacial score (nSPS) is 20.0. The van der Waals surface area contributed by atoms with Crippen molar-refractivity contribution in [3.8, 4) is 11.4 Å². The first-order chi connectivity index (χ1) is 26.6. The van der Waals surface area contributed by atoms with E-state index in [1.807, 2.05) is 41.2 Å². The van der Waals surface area contributed by atoms with Gasteiger partial charge in [-0.1, -0.05) is 57.2 Å². The smallest absolute Gasteiger partial charge is 0.320 e. The Bertz CT molecular complexity index is 2080. The molecule has 0 radical (unpaired) electrons. The molecule has 1 aliphatic carbocycles. The number of amides is 2. The van der Waals surface area contributed by atoms with E-state index in [0.29, 0.717) is 11.9 Å². The molecule has 3 atom stereocenters. The molecule has 290 valence electrons. The molecule has 0 bridgehead atoms. The number of urea groups is 1. The number of carboxylic acid groups (broad SMARTS) is 1. The van der Waals surface area contributed by atoms with Gasteiger partial charge in [0.25, 0.3) is 6.47 Å². The number of hydrogen-bond acceptors (Lipinski definition) is 8. The number of hydrogen-bond donors (Lipinski definition) is 3. The minimum absolute atomic E-state index is 0.146. The monoisotopic (exact) mass is 747 g/mol. The molecule has 0 spiro atoms. The zero-order chi connectivity index (χ0) is 38.5. The summed E-state index contributed by atoms with van der Waals surface area (Å²) >= 11 is 0. The molecule has 1 unspecified atom stereocenters. The number of nitrogens with zero attached hydrogens (tertiary/aromatic N) is 7. The van der Waals surface area contributed by atoms with Gasteiger partial charge in [-0.15, -0.1) is 10.2 Å². The van der Waals surface area contributed by atoms with Gasteiger partial charge in [-0.2, -0.15) is 5.10 Å². The third-order valence-corrected chi connectivity index (χ3v) is 10.9. The average molecular weight is 748 g/mol. The molecule has 3 aromatic heterocycles. The second-order valence-electron chi connectivity index (χ2n) is 15.9. The number of carbonyl (C=O) groups is 2. The van der Waals surface area contributed by atoms with Crippen molar-refractivity contribution in [2.75, 3.05) is 29.9 Å². The first kappa shape index (κ1) is 37.9. The van der Waals surface area contributed by atoms with Crippen LogP contribution in [-0.4, -0.2) is 72.6 Å². The maximum atomic E-state index is 13.7. The zero-order valence-corrected chi connectivity index (χ0v) is 32.3. The topological polar surface area (TPSA) is 142 Å². The molecular weight excluding hydrogens is 695 g/mol. The van der Waals surface area contributed by atoms with Crippen LogP contribution in [0.5, 0.6) is 5.75 Å². The lowest BCUT2D eigenvalue weighted by molar-refractivity contribution is -0.122. The Kier molecular flexibility index (Phi) is 11.4. The number of aromatic nitrogens is 5. The molecule has 5 aromatic rings. The second-order valence-corrected chi connectivity index (χ2v) is 15.9. The molecule has 3 aliphatic rings. The lowest BCUT2D eigenvalue weighted by atomic mass is 9.85. The number of pyridine rings is 1. The molecule has 2 amide bonds. The number of anilines is 2. The molecule has 2 aromatic carbocycles. The van der Waals surface area contributed by atoms with Gasteiger partial charge in [-0.05, 0) is 106 Å². The largest absolute Gasteiger partial charge is 0.484 e. The fraction of sp³-hybridized carbons (Fsp3) is 0.452. The van der Waals surface area contributed by atoms with Crippen molar-refractivity contribution in [3.63, 3.8) is 0 Å². The highest BCUT2D eigenvalue weighted by atomic mass is 16.5. The summed E-state index contributed by atoms with van der Waals surface area (Å²) in [6.07, 6.45) is 9.49. The molecule has 13 heteroatoms. The van der Waals surface area contributed by atoms with Crippen molar-refractivity contribution in [2.45, 2.75) is 103 Å². The molecule has 0 saturated carbocycles. The molecule has 2 aliphatic heterocycles. The van der Waals surface area contributed by atoms with E-state index in [-0.39, 0.29) is 30.1 Å². The van der Waals surface area contributed by atoms with E-state index >= 15 is 0 Å². The molecule has 5 heterocycles. The fourth-order valence-corrected chi connectivity index (χ4v) is 7.99. The van der Waals surface area contributed by atoms with E-state index in [4.69, 9.17) is 19.7 Å². The Balaban J connectivity index is 0.00000150. The number of carbonyl (C=O) groups excluding carboxylic acids is 1. The zero-order valence-electron chi connectivity index (χ0n) is 32.3. The van der Waals surface area contributed by atoms with Gasteiger partial charge in [0.05, 0.1) is 23.6 Å². The summed E-state index contributed by atoms with van der Waals surface area (Å²) in [5, 5.41) is 27.3. The van der Waals surface area contributed by atoms with E-state index in [0.717, 1.165) is 91.7 Å². The van der Waals surface area contributed by atoms with Crippen molar-refractivity contribution in [1.29, 1.82) is 0 Å². The van der Waals surface area contributed by atoms with E-state index in [9.17, 15) is 4.79 Å². The first-order valence-corrected chi connectivity index (χ1v) is 19.6. The van der Waals surface area contributed by atoms with Gasteiger partial charge in [-0.25, -0.2) is 9.48 Å². The number of piperidine rings is 1. The summed E-state index contributed by atoms with van der Waals surface area (Å²) in [5.41, 5.74) is 5.90. The van der Waals surface area contributed by atoms with Crippen molar-refractivity contribution in [2.24, 2.45) is 0 Å². The SMILES string of the molecule is CC1CCCCN1c1nnc2ccc(O[C@@H]3CC[C@H](NC(=O)Nc4cc(C(C)(C)C)nn4-c4ccc(CN5CCCC5)cc4)c4ccccc43)cn12.O=CO. The predicted molar refractivity (Wildman–Crippen MR) is 213 cm³/mol. The van der Waals surface area contributed by atoms with Crippen molar-refractivity contribution >= 4 is 29.9 Å². The maximum absolute atomic E-state index is 13.7. The van der Waals surface area contributed by atoms with Gasteiger partial charge >= 0.3 is 6.03 Å². The first-order valence-electron chi connectivity index (χ1n) is 19.6. The van der Waals surface area contributed by atoms with Gasteiger partial charge in [0, 0.05) is 30.6 Å². The number of rotatable bonds is 8. The summed E-state index contributed by atoms with van der Waals surface area (Å²) in [5.74, 6) is 2.29. The highest BCUT2D eigenvalue weighted by molar-refractivity contribution is 5.89. The lowest BCUT2D eigenvalue weighted by Crippen LogP contribution is -2.38. The number of nitrogens with one attached hydrogen (secondary N) is 2. The summed E-state index contributed by atoms with van der Waals surface area (Å²) in [4.78, 5) is 26.9. The van der Waals surface area contributed by atoms with E-state index in [1.165, 1.54) is 24.8 Å². The van der Waals surface area contributed by atoms with Gasteiger partial charge in [0.2, 0.25) is 5.95 Å². The Morgan fingerprint density at radius 1 is 0.927 bits per heavy atom. The van der Waals surface area contributed by atoms with E-state index in [1.54, 1.807) is 0 Å².